The van der Waals surface area contributed by atoms with Gasteiger partial charge in [0.1, 0.15) is 5.52 Å². The van der Waals surface area contributed by atoms with Crippen molar-refractivity contribution in [2.75, 3.05) is 0 Å². The topological polar surface area (TPSA) is 73.6 Å². The van der Waals surface area contributed by atoms with Gasteiger partial charge in [0.2, 0.25) is 0 Å². The minimum Gasteiger partial charge on any atom is -0.353 e. The zero-order valence-corrected chi connectivity index (χ0v) is 9.66. The number of aromatic nitrogens is 3. The molecule has 0 aliphatic rings. The van der Waals surface area contributed by atoms with Crippen LogP contribution >= 0.6 is 0 Å². The fourth-order valence-corrected chi connectivity index (χ4v) is 1.65. The first kappa shape index (κ1) is 12.7. The lowest BCUT2D eigenvalue weighted by atomic mass is 10.1. The highest BCUT2D eigenvalue weighted by Crippen LogP contribution is 2.27. The third-order valence-electron chi connectivity index (χ3n) is 1.95. The van der Waals surface area contributed by atoms with E-state index in [1.165, 1.54) is 30.8 Å². The summed E-state index contributed by atoms with van der Waals surface area (Å²) in [5.74, 6) is -0.662. The quantitative estimate of drug-likeness (QED) is 0.409. The molecule has 6 nitrogen and oxygen atoms in total. The van der Waals surface area contributed by atoms with Crippen LogP contribution in [0.2, 0.25) is 0 Å². The first-order valence-electron chi connectivity index (χ1n) is 4.52. The molecular weight excluding hydrogens is 274 g/mol. The minimum atomic E-state index is -5.74. The third-order valence-corrected chi connectivity index (χ3v) is 2.89. The van der Waals surface area contributed by atoms with Crippen molar-refractivity contribution in [3.05, 3.63) is 18.5 Å². The average Bonchev–Trinajstić information content (AvgIpc) is 2.62. The van der Waals surface area contributed by atoms with Gasteiger partial charge in [-0.25, -0.2) is 9.50 Å². The summed E-state index contributed by atoms with van der Waals surface area (Å²) in [7, 11) is -4.27. The highest BCUT2D eigenvalue weighted by Gasteiger charge is 2.49. The third kappa shape index (κ3) is 2.12. The number of halogens is 3. The van der Waals surface area contributed by atoms with Gasteiger partial charge in [0, 0.05) is 11.8 Å². The molecule has 0 unspecified atom stereocenters. The molecule has 0 amide bonds. The maximum absolute atomic E-state index is 12.2. The van der Waals surface area contributed by atoms with E-state index in [0.29, 0.717) is 0 Å². The average molecular weight is 279 g/mol. The number of alkyl halides is 3. The van der Waals surface area contributed by atoms with E-state index in [9.17, 15) is 21.6 Å². The monoisotopic (exact) mass is 279 g/mol. The van der Waals surface area contributed by atoms with Crippen molar-refractivity contribution >= 4 is 29.1 Å². The van der Waals surface area contributed by atoms with Gasteiger partial charge >= 0.3 is 15.6 Å². The molecule has 0 fully saturated rings. The summed E-state index contributed by atoms with van der Waals surface area (Å²) < 4.78 is 63.5. The van der Waals surface area contributed by atoms with Crippen LogP contribution in [-0.4, -0.2) is 36.4 Å². The van der Waals surface area contributed by atoms with Gasteiger partial charge in [0.05, 0.1) is 6.20 Å². The SMILES string of the molecule is Bc1cn2nccc2c(OS(=O)(=O)C(F)(F)F)n1. The van der Waals surface area contributed by atoms with Gasteiger partial charge in [-0.05, 0) is 6.07 Å². The molecule has 18 heavy (non-hydrogen) atoms. The lowest BCUT2D eigenvalue weighted by molar-refractivity contribution is -0.0500. The predicted molar refractivity (Wildman–Crippen MR) is 56.8 cm³/mol. The van der Waals surface area contributed by atoms with Gasteiger partial charge in [-0.3, -0.25) is 0 Å². The van der Waals surface area contributed by atoms with Crippen LogP contribution < -0.4 is 9.78 Å². The van der Waals surface area contributed by atoms with Crippen LogP contribution in [0.5, 0.6) is 5.88 Å². The number of rotatable bonds is 2. The molecule has 11 heteroatoms. The van der Waals surface area contributed by atoms with E-state index in [1.54, 1.807) is 0 Å². The Labute approximate surface area is 99.9 Å². The molecule has 2 rings (SSSR count). The van der Waals surface area contributed by atoms with Crippen molar-refractivity contribution in [3.63, 3.8) is 0 Å². The first-order valence-corrected chi connectivity index (χ1v) is 5.93. The Hall–Kier alpha value is -1.78. The van der Waals surface area contributed by atoms with Gasteiger partial charge in [-0.15, -0.1) is 0 Å². The van der Waals surface area contributed by atoms with Crippen LogP contribution in [0.25, 0.3) is 5.52 Å². The lowest BCUT2D eigenvalue weighted by Crippen LogP contribution is -2.29. The molecule has 0 radical (unpaired) electrons. The second-order valence-electron chi connectivity index (χ2n) is 3.33. The van der Waals surface area contributed by atoms with Gasteiger partial charge in [0.15, 0.2) is 7.85 Å². The Kier molecular flexibility index (Phi) is 2.72. The van der Waals surface area contributed by atoms with Crippen molar-refractivity contribution in [1.29, 1.82) is 0 Å². The Morgan fingerprint density at radius 3 is 2.67 bits per heavy atom. The molecule has 2 heterocycles. The largest absolute Gasteiger partial charge is 0.534 e. The number of hydrogen-bond donors (Lipinski definition) is 0. The molecule has 0 bridgehead atoms. The van der Waals surface area contributed by atoms with Crippen LogP contribution in [0.1, 0.15) is 0 Å². The van der Waals surface area contributed by atoms with E-state index in [2.05, 4.69) is 14.3 Å². The van der Waals surface area contributed by atoms with E-state index in [4.69, 9.17) is 0 Å². The minimum absolute atomic E-state index is 0.0217. The molecule has 0 spiro atoms. The Balaban J connectivity index is 2.53. The number of hydrogen-bond acceptors (Lipinski definition) is 5. The summed E-state index contributed by atoms with van der Waals surface area (Å²) in [6.45, 7) is 0. The van der Waals surface area contributed by atoms with Crippen LogP contribution in [0.3, 0.4) is 0 Å². The summed E-state index contributed by atoms with van der Waals surface area (Å²) in [6.07, 6.45) is 2.70. The van der Waals surface area contributed by atoms with Crippen molar-refractivity contribution < 1.29 is 25.8 Å². The maximum Gasteiger partial charge on any atom is 0.534 e. The molecule has 0 atom stereocenters. The van der Waals surface area contributed by atoms with Gasteiger partial charge in [0.25, 0.3) is 5.88 Å². The molecule has 0 aromatic carbocycles. The number of fused-ring (bicyclic) bond motifs is 1. The summed E-state index contributed by atoms with van der Waals surface area (Å²) in [5, 5.41) is 3.75. The van der Waals surface area contributed by atoms with Crippen molar-refractivity contribution in [2.24, 2.45) is 0 Å². The summed E-state index contributed by atoms with van der Waals surface area (Å²) in [4.78, 5) is 3.61. The molecular formula is C7H5BF3N3O3S. The fraction of sp³-hybridized carbons (Fsp3) is 0.143. The zero-order chi connectivity index (χ0) is 13.6. The van der Waals surface area contributed by atoms with Gasteiger partial charge in [-0.2, -0.15) is 26.7 Å². The first-order chi connectivity index (χ1) is 8.21. The summed E-state index contributed by atoms with van der Waals surface area (Å²) >= 11 is 0. The highest BCUT2D eigenvalue weighted by molar-refractivity contribution is 7.88. The van der Waals surface area contributed by atoms with E-state index < -0.39 is 21.5 Å². The zero-order valence-electron chi connectivity index (χ0n) is 8.84. The molecule has 0 aliphatic heterocycles. The molecule has 2 aromatic rings. The molecule has 0 saturated carbocycles. The number of nitrogens with zero attached hydrogens (tertiary/aromatic N) is 3. The Morgan fingerprint density at radius 2 is 2.06 bits per heavy atom. The van der Waals surface area contributed by atoms with Crippen LogP contribution in [-0.2, 0) is 10.1 Å². The van der Waals surface area contributed by atoms with Gasteiger partial charge in [-0.1, -0.05) is 0 Å². The van der Waals surface area contributed by atoms with E-state index in [1.807, 2.05) is 0 Å². The molecule has 2 aromatic heterocycles. The van der Waals surface area contributed by atoms with Crippen molar-refractivity contribution in [3.8, 4) is 5.88 Å². The normalized spacial score (nSPS) is 12.8. The molecule has 96 valence electrons. The molecule has 0 aliphatic carbocycles. The maximum atomic E-state index is 12.2. The fourth-order valence-electron chi connectivity index (χ4n) is 1.22. The second kappa shape index (κ2) is 3.87. The van der Waals surface area contributed by atoms with E-state index in [0.717, 1.165) is 0 Å². The highest BCUT2D eigenvalue weighted by atomic mass is 32.2. The molecule has 0 saturated heterocycles. The van der Waals surface area contributed by atoms with E-state index >= 15 is 0 Å². The van der Waals surface area contributed by atoms with E-state index in [-0.39, 0.29) is 11.1 Å². The molecule has 0 N–H and O–H groups in total. The summed E-state index contributed by atoms with van der Waals surface area (Å²) in [6, 6.07) is 1.29. The van der Waals surface area contributed by atoms with Crippen LogP contribution in [0, 0.1) is 0 Å². The smallest absolute Gasteiger partial charge is 0.353 e. The standard InChI is InChI=1S/C7H5BF3N3O3S/c8-5-3-14-4(1-2-12-14)6(13-5)17-18(15,16)7(9,10)11/h1-3H,8H2. The Morgan fingerprint density at radius 1 is 1.39 bits per heavy atom. The summed E-state index contributed by atoms with van der Waals surface area (Å²) in [5.41, 5.74) is -5.22. The van der Waals surface area contributed by atoms with Gasteiger partial charge < -0.3 is 4.18 Å². The van der Waals surface area contributed by atoms with Crippen LogP contribution in [0.4, 0.5) is 13.2 Å². The Bertz CT molecular complexity index is 697. The predicted octanol–water partition coefficient (Wildman–Crippen LogP) is -0.784. The van der Waals surface area contributed by atoms with Crippen molar-refractivity contribution in [1.82, 2.24) is 14.6 Å². The lowest BCUT2D eigenvalue weighted by Gasteiger charge is -2.09. The second-order valence-corrected chi connectivity index (χ2v) is 4.87. The van der Waals surface area contributed by atoms with Crippen LogP contribution in [0.15, 0.2) is 18.5 Å². The van der Waals surface area contributed by atoms with Crippen molar-refractivity contribution in [2.45, 2.75) is 5.51 Å².